The number of carbonyl (C=O) groups is 1. The lowest BCUT2D eigenvalue weighted by atomic mass is 10.1. The standard InChI is InChI=1S/C16H22F2N2O2/c1-11-9-20(10-12(2)19-11)16(21)4-3-7-22-15-6-5-13(17)8-14(15)18/h5-6,8,11-12,19H,3-4,7,9-10H2,1-2H3. The summed E-state index contributed by atoms with van der Waals surface area (Å²) >= 11 is 0. The van der Waals surface area contributed by atoms with Gasteiger partial charge in [0.25, 0.3) is 0 Å². The normalized spacial score (nSPS) is 21.7. The predicted octanol–water partition coefficient (Wildman–Crippen LogP) is 2.33. The Morgan fingerprint density at radius 1 is 1.32 bits per heavy atom. The predicted molar refractivity (Wildman–Crippen MR) is 79.7 cm³/mol. The summed E-state index contributed by atoms with van der Waals surface area (Å²) in [6.45, 7) is 5.74. The summed E-state index contributed by atoms with van der Waals surface area (Å²) in [7, 11) is 0. The molecule has 1 fully saturated rings. The van der Waals surface area contributed by atoms with Crippen LogP contribution < -0.4 is 10.1 Å². The van der Waals surface area contributed by atoms with Crippen LogP contribution in [0.25, 0.3) is 0 Å². The van der Waals surface area contributed by atoms with Crippen LogP contribution >= 0.6 is 0 Å². The lowest BCUT2D eigenvalue weighted by Gasteiger charge is -2.36. The van der Waals surface area contributed by atoms with Crippen LogP contribution in [0.1, 0.15) is 26.7 Å². The van der Waals surface area contributed by atoms with E-state index in [1.165, 1.54) is 6.07 Å². The van der Waals surface area contributed by atoms with Crippen LogP contribution in [0.5, 0.6) is 5.75 Å². The summed E-state index contributed by atoms with van der Waals surface area (Å²) in [5.41, 5.74) is 0. The van der Waals surface area contributed by atoms with Crippen LogP contribution in [0.3, 0.4) is 0 Å². The van der Waals surface area contributed by atoms with Gasteiger partial charge in [-0.25, -0.2) is 8.78 Å². The molecule has 0 spiro atoms. The van der Waals surface area contributed by atoms with Crippen molar-refractivity contribution in [3.63, 3.8) is 0 Å². The van der Waals surface area contributed by atoms with Crippen molar-refractivity contribution in [2.45, 2.75) is 38.8 Å². The molecule has 1 aromatic rings. The number of ether oxygens (including phenoxy) is 1. The highest BCUT2D eigenvalue weighted by Gasteiger charge is 2.24. The molecule has 1 amide bonds. The Morgan fingerprint density at radius 3 is 2.64 bits per heavy atom. The number of halogens is 2. The van der Waals surface area contributed by atoms with E-state index in [0.29, 0.717) is 25.9 Å². The third-order valence-corrected chi connectivity index (χ3v) is 3.60. The smallest absolute Gasteiger partial charge is 0.222 e. The monoisotopic (exact) mass is 312 g/mol. The van der Waals surface area contributed by atoms with E-state index in [-0.39, 0.29) is 30.3 Å². The van der Waals surface area contributed by atoms with Crippen molar-refractivity contribution >= 4 is 5.91 Å². The quantitative estimate of drug-likeness (QED) is 0.849. The molecule has 0 radical (unpaired) electrons. The Balaban J connectivity index is 1.73. The summed E-state index contributed by atoms with van der Waals surface area (Å²) in [5, 5.41) is 3.37. The highest BCUT2D eigenvalue weighted by Crippen LogP contribution is 2.18. The second kappa shape index (κ2) is 7.54. The van der Waals surface area contributed by atoms with Gasteiger partial charge in [0.1, 0.15) is 5.82 Å². The zero-order valence-corrected chi connectivity index (χ0v) is 12.9. The second-order valence-corrected chi connectivity index (χ2v) is 5.79. The lowest BCUT2D eigenvalue weighted by molar-refractivity contribution is -0.133. The van der Waals surface area contributed by atoms with Gasteiger partial charge in [0.15, 0.2) is 11.6 Å². The van der Waals surface area contributed by atoms with Crippen LogP contribution in [0.15, 0.2) is 18.2 Å². The first-order valence-electron chi connectivity index (χ1n) is 7.57. The first kappa shape index (κ1) is 16.7. The fourth-order valence-electron chi connectivity index (χ4n) is 2.69. The van der Waals surface area contributed by atoms with Crippen molar-refractivity contribution in [1.29, 1.82) is 0 Å². The molecule has 1 heterocycles. The molecule has 2 atom stereocenters. The summed E-state index contributed by atoms with van der Waals surface area (Å²) in [6.07, 6.45) is 0.866. The number of rotatable bonds is 5. The highest BCUT2D eigenvalue weighted by atomic mass is 19.1. The molecule has 0 aromatic heterocycles. The third-order valence-electron chi connectivity index (χ3n) is 3.60. The van der Waals surface area contributed by atoms with E-state index in [0.717, 1.165) is 12.1 Å². The van der Waals surface area contributed by atoms with Crippen molar-refractivity contribution in [2.75, 3.05) is 19.7 Å². The molecule has 1 N–H and O–H groups in total. The van der Waals surface area contributed by atoms with Crippen molar-refractivity contribution in [3.05, 3.63) is 29.8 Å². The molecule has 0 saturated carbocycles. The molecule has 2 unspecified atom stereocenters. The van der Waals surface area contributed by atoms with Crippen molar-refractivity contribution < 1.29 is 18.3 Å². The van der Waals surface area contributed by atoms with E-state index < -0.39 is 11.6 Å². The molecule has 4 nitrogen and oxygen atoms in total. The van der Waals surface area contributed by atoms with Crippen molar-refractivity contribution in [3.8, 4) is 5.75 Å². The SMILES string of the molecule is CC1CN(C(=O)CCCOc2ccc(F)cc2F)CC(C)N1. The number of piperazine rings is 1. The van der Waals surface area contributed by atoms with Crippen LogP contribution in [0, 0.1) is 11.6 Å². The number of hydrogen-bond donors (Lipinski definition) is 1. The van der Waals surface area contributed by atoms with Gasteiger partial charge in [-0.1, -0.05) is 0 Å². The Bertz CT molecular complexity index is 515. The number of carbonyl (C=O) groups excluding carboxylic acids is 1. The van der Waals surface area contributed by atoms with E-state index >= 15 is 0 Å². The molecule has 6 heteroatoms. The number of nitrogens with zero attached hydrogens (tertiary/aromatic N) is 1. The van der Waals surface area contributed by atoms with E-state index in [9.17, 15) is 13.6 Å². The van der Waals surface area contributed by atoms with Gasteiger partial charge < -0.3 is 15.0 Å². The minimum absolute atomic E-state index is 0.0123. The molecule has 0 aliphatic carbocycles. The van der Waals surface area contributed by atoms with Gasteiger partial charge in [-0.05, 0) is 32.4 Å². The summed E-state index contributed by atoms with van der Waals surface area (Å²) in [6, 6.07) is 3.76. The lowest BCUT2D eigenvalue weighted by Crippen LogP contribution is -2.55. The zero-order chi connectivity index (χ0) is 16.1. The maximum absolute atomic E-state index is 13.4. The van der Waals surface area contributed by atoms with Gasteiger partial charge in [-0.3, -0.25) is 4.79 Å². The van der Waals surface area contributed by atoms with Gasteiger partial charge in [0.05, 0.1) is 6.61 Å². The number of nitrogens with one attached hydrogen (secondary N) is 1. The Hall–Kier alpha value is -1.69. The Morgan fingerprint density at radius 2 is 2.00 bits per heavy atom. The minimum atomic E-state index is -0.726. The Labute approximate surface area is 129 Å². The van der Waals surface area contributed by atoms with Gasteiger partial charge in [-0.2, -0.15) is 0 Å². The molecule has 22 heavy (non-hydrogen) atoms. The summed E-state index contributed by atoms with van der Waals surface area (Å²) in [4.78, 5) is 14.0. The molecule has 1 aromatic carbocycles. The minimum Gasteiger partial charge on any atom is -0.491 e. The van der Waals surface area contributed by atoms with Gasteiger partial charge in [0.2, 0.25) is 5.91 Å². The molecule has 1 aliphatic heterocycles. The molecule has 1 aliphatic rings. The van der Waals surface area contributed by atoms with Crippen molar-refractivity contribution in [2.24, 2.45) is 0 Å². The van der Waals surface area contributed by atoms with Crippen molar-refractivity contribution in [1.82, 2.24) is 10.2 Å². The summed E-state index contributed by atoms with van der Waals surface area (Å²) < 4.78 is 31.4. The topological polar surface area (TPSA) is 41.6 Å². The molecule has 0 bridgehead atoms. The number of hydrogen-bond acceptors (Lipinski definition) is 3. The van der Waals surface area contributed by atoms with E-state index in [1.54, 1.807) is 0 Å². The molecular formula is C16H22F2N2O2. The van der Waals surface area contributed by atoms with Gasteiger partial charge in [-0.15, -0.1) is 0 Å². The van der Waals surface area contributed by atoms with Gasteiger partial charge in [0, 0.05) is 37.7 Å². The van der Waals surface area contributed by atoms with E-state index in [1.807, 2.05) is 4.90 Å². The molecule has 1 saturated heterocycles. The fraction of sp³-hybridized carbons (Fsp3) is 0.562. The summed E-state index contributed by atoms with van der Waals surface area (Å²) in [5.74, 6) is -1.26. The largest absolute Gasteiger partial charge is 0.491 e. The molecular weight excluding hydrogens is 290 g/mol. The van der Waals surface area contributed by atoms with Gasteiger partial charge >= 0.3 is 0 Å². The third kappa shape index (κ3) is 4.66. The second-order valence-electron chi connectivity index (χ2n) is 5.79. The van der Waals surface area contributed by atoms with E-state index in [4.69, 9.17) is 4.74 Å². The highest BCUT2D eigenvalue weighted by molar-refractivity contribution is 5.76. The maximum atomic E-state index is 13.4. The first-order chi connectivity index (χ1) is 10.5. The fourth-order valence-corrected chi connectivity index (χ4v) is 2.69. The first-order valence-corrected chi connectivity index (χ1v) is 7.57. The average Bonchev–Trinajstić information content (AvgIpc) is 2.44. The Kier molecular flexibility index (Phi) is 5.71. The van der Waals surface area contributed by atoms with Crippen LogP contribution in [-0.4, -0.2) is 42.6 Å². The van der Waals surface area contributed by atoms with Crippen LogP contribution in [0.4, 0.5) is 8.78 Å². The maximum Gasteiger partial charge on any atom is 0.222 e. The average molecular weight is 312 g/mol. The number of benzene rings is 1. The molecule has 2 rings (SSSR count). The zero-order valence-electron chi connectivity index (χ0n) is 12.9. The number of amides is 1. The van der Waals surface area contributed by atoms with Crippen LogP contribution in [-0.2, 0) is 4.79 Å². The van der Waals surface area contributed by atoms with E-state index in [2.05, 4.69) is 19.2 Å². The van der Waals surface area contributed by atoms with Crippen LogP contribution in [0.2, 0.25) is 0 Å². The molecule has 122 valence electrons.